The van der Waals surface area contributed by atoms with Crippen molar-refractivity contribution >= 4 is 45.9 Å². The van der Waals surface area contributed by atoms with Crippen LogP contribution in [0.2, 0.25) is 0 Å². The van der Waals surface area contributed by atoms with Crippen LogP contribution in [0.25, 0.3) is 0 Å². The Kier molecular flexibility index (Phi) is 6.56. The van der Waals surface area contributed by atoms with E-state index in [1.807, 2.05) is 50.2 Å². The topological polar surface area (TPSA) is 72.0 Å². The van der Waals surface area contributed by atoms with Crippen LogP contribution >= 0.6 is 22.6 Å². The molecule has 0 bridgehead atoms. The number of nitrogens with zero attached hydrogens (tertiary/aromatic N) is 3. The van der Waals surface area contributed by atoms with Crippen LogP contribution in [0, 0.1) is 3.57 Å². The summed E-state index contributed by atoms with van der Waals surface area (Å²) in [5, 5.41) is 6.46. The molecule has 3 aromatic rings. The first-order valence-corrected chi connectivity index (χ1v) is 10.6. The molecule has 152 valence electrons. The van der Waals surface area contributed by atoms with Gasteiger partial charge in [-0.05, 0) is 83.8 Å². The summed E-state index contributed by atoms with van der Waals surface area (Å²) in [5.41, 5.74) is 3.17. The zero-order valence-corrected chi connectivity index (χ0v) is 19.5. The lowest BCUT2D eigenvalue weighted by atomic mass is 9.87. The van der Waals surface area contributed by atoms with E-state index in [-0.39, 0.29) is 17.5 Å². The Hall–Kier alpha value is -2.42. The molecule has 3 rings (SSSR count). The van der Waals surface area contributed by atoms with Gasteiger partial charge >= 0.3 is 6.01 Å². The fraction of sp³-hybridized carbons (Fsp3) is 0.318. The summed E-state index contributed by atoms with van der Waals surface area (Å²) in [6, 6.07) is 16.5. The fourth-order valence-electron chi connectivity index (χ4n) is 2.58. The molecule has 0 radical (unpaired) electrons. The van der Waals surface area contributed by atoms with Crippen molar-refractivity contribution in [2.45, 2.75) is 46.1 Å². The maximum absolute atomic E-state index is 5.71. The van der Waals surface area contributed by atoms with Gasteiger partial charge < -0.3 is 15.4 Å². The number of hydrogen-bond acceptors (Lipinski definition) is 6. The van der Waals surface area contributed by atoms with E-state index in [0.29, 0.717) is 11.9 Å². The molecule has 2 N–H and O–H groups in total. The van der Waals surface area contributed by atoms with E-state index in [0.717, 1.165) is 14.9 Å². The molecule has 1 aromatic heterocycles. The molecular formula is C22H26IN5O. The molecule has 2 aromatic carbocycles. The van der Waals surface area contributed by atoms with Gasteiger partial charge in [0, 0.05) is 14.9 Å². The van der Waals surface area contributed by atoms with Crippen molar-refractivity contribution in [3.05, 3.63) is 57.7 Å². The highest BCUT2D eigenvalue weighted by atomic mass is 127. The third-order valence-electron chi connectivity index (χ3n) is 4.06. The monoisotopic (exact) mass is 503 g/mol. The van der Waals surface area contributed by atoms with Crippen LogP contribution in [0.3, 0.4) is 0 Å². The Labute approximate surface area is 185 Å². The molecule has 7 heteroatoms. The predicted molar refractivity (Wildman–Crippen MR) is 126 cm³/mol. The third-order valence-corrected chi connectivity index (χ3v) is 4.78. The first-order chi connectivity index (χ1) is 13.7. The molecule has 1 heterocycles. The van der Waals surface area contributed by atoms with Crippen LogP contribution in [-0.4, -0.2) is 21.1 Å². The van der Waals surface area contributed by atoms with Crippen LogP contribution in [0.1, 0.15) is 40.2 Å². The summed E-state index contributed by atoms with van der Waals surface area (Å²) < 4.78 is 6.87. The lowest BCUT2D eigenvalue weighted by Crippen LogP contribution is -2.12. The first kappa shape index (κ1) is 21.3. The standard InChI is InChI=1S/C22H26IN5O/c1-14(2)29-21-27-19(24-17-10-6-15(7-11-17)22(3,4)5)26-20(28-21)25-18-12-8-16(23)9-13-18/h6-14H,1-5H3,(H2,24,25,26,27,28). The van der Waals surface area contributed by atoms with Crippen molar-refractivity contribution in [2.75, 3.05) is 10.6 Å². The molecule has 0 fully saturated rings. The van der Waals surface area contributed by atoms with Crippen LogP contribution in [0.4, 0.5) is 23.3 Å². The van der Waals surface area contributed by atoms with E-state index in [1.54, 1.807) is 0 Å². The lowest BCUT2D eigenvalue weighted by molar-refractivity contribution is 0.222. The Morgan fingerprint density at radius 2 is 1.28 bits per heavy atom. The summed E-state index contributed by atoms with van der Waals surface area (Å²) in [6.45, 7) is 10.5. The van der Waals surface area contributed by atoms with Gasteiger partial charge in [0.15, 0.2) is 0 Å². The second-order valence-electron chi connectivity index (χ2n) is 8.02. The van der Waals surface area contributed by atoms with Crippen molar-refractivity contribution in [1.29, 1.82) is 0 Å². The molecule has 0 atom stereocenters. The molecule has 29 heavy (non-hydrogen) atoms. The van der Waals surface area contributed by atoms with E-state index in [1.165, 1.54) is 5.56 Å². The number of nitrogens with one attached hydrogen (secondary N) is 2. The van der Waals surface area contributed by atoms with E-state index < -0.39 is 0 Å². The number of rotatable bonds is 6. The van der Waals surface area contributed by atoms with Crippen LogP contribution < -0.4 is 15.4 Å². The minimum atomic E-state index is -0.0394. The van der Waals surface area contributed by atoms with Gasteiger partial charge in [-0.2, -0.15) is 15.0 Å². The highest BCUT2D eigenvalue weighted by Crippen LogP contribution is 2.25. The Morgan fingerprint density at radius 3 is 1.72 bits per heavy atom. The van der Waals surface area contributed by atoms with E-state index in [4.69, 9.17) is 4.74 Å². The molecule has 0 saturated heterocycles. The third kappa shape index (κ3) is 6.28. The molecular weight excluding hydrogens is 477 g/mol. The lowest BCUT2D eigenvalue weighted by Gasteiger charge is -2.19. The van der Waals surface area contributed by atoms with Gasteiger partial charge in [0.05, 0.1) is 6.10 Å². The number of benzene rings is 2. The van der Waals surface area contributed by atoms with Crippen molar-refractivity contribution < 1.29 is 4.74 Å². The summed E-state index contributed by atoms with van der Waals surface area (Å²) in [5.74, 6) is 0.845. The van der Waals surface area contributed by atoms with E-state index in [2.05, 4.69) is 81.1 Å². The number of ether oxygens (including phenoxy) is 1. The molecule has 0 aliphatic rings. The van der Waals surface area contributed by atoms with Gasteiger partial charge in [-0.3, -0.25) is 0 Å². The summed E-state index contributed by atoms with van der Waals surface area (Å²) in [4.78, 5) is 13.3. The molecule has 6 nitrogen and oxygen atoms in total. The van der Waals surface area contributed by atoms with Crippen molar-refractivity contribution in [2.24, 2.45) is 0 Å². The molecule has 0 aliphatic heterocycles. The zero-order valence-electron chi connectivity index (χ0n) is 17.3. The molecule has 0 unspecified atom stereocenters. The van der Waals surface area contributed by atoms with Gasteiger partial charge in [0.2, 0.25) is 11.9 Å². The van der Waals surface area contributed by atoms with E-state index >= 15 is 0 Å². The maximum atomic E-state index is 5.71. The van der Waals surface area contributed by atoms with Crippen LogP contribution in [0.15, 0.2) is 48.5 Å². The Morgan fingerprint density at radius 1 is 0.793 bits per heavy atom. The zero-order chi connectivity index (χ0) is 21.0. The summed E-state index contributed by atoms with van der Waals surface area (Å²) >= 11 is 2.27. The SMILES string of the molecule is CC(C)Oc1nc(Nc2ccc(I)cc2)nc(Nc2ccc(C(C)(C)C)cc2)n1. The Balaban J connectivity index is 1.85. The second-order valence-corrected chi connectivity index (χ2v) is 9.26. The highest BCUT2D eigenvalue weighted by molar-refractivity contribution is 14.1. The molecule has 0 amide bonds. The summed E-state index contributed by atoms with van der Waals surface area (Å²) in [6.07, 6.45) is -0.0394. The van der Waals surface area contributed by atoms with Crippen LogP contribution in [0.5, 0.6) is 6.01 Å². The van der Waals surface area contributed by atoms with Crippen molar-refractivity contribution in [3.8, 4) is 6.01 Å². The predicted octanol–water partition coefficient (Wildman–Crippen LogP) is 6.05. The normalized spacial score (nSPS) is 11.4. The number of halogens is 1. The minimum absolute atomic E-state index is 0.0394. The number of aromatic nitrogens is 3. The van der Waals surface area contributed by atoms with Gasteiger partial charge in [-0.25, -0.2) is 0 Å². The Bertz CT molecular complexity index is 950. The van der Waals surface area contributed by atoms with Gasteiger partial charge in [-0.15, -0.1) is 0 Å². The fourth-order valence-corrected chi connectivity index (χ4v) is 2.94. The van der Waals surface area contributed by atoms with Crippen molar-refractivity contribution in [3.63, 3.8) is 0 Å². The highest BCUT2D eigenvalue weighted by Gasteiger charge is 2.14. The van der Waals surface area contributed by atoms with Gasteiger partial charge in [0.25, 0.3) is 0 Å². The first-order valence-electron chi connectivity index (χ1n) is 9.52. The quantitative estimate of drug-likeness (QED) is 0.399. The molecule has 0 spiro atoms. The minimum Gasteiger partial charge on any atom is -0.461 e. The molecule has 0 aliphatic carbocycles. The smallest absolute Gasteiger partial charge is 0.323 e. The second kappa shape index (κ2) is 8.94. The summed E-state index contributed by atoms with van der Waals surface area (Å²) in [7, 11) is 0. The van der Waals surface area contributed by atoms with Gasteiger partial charge in [0.1, 0.15) is 0 Å². The van der Waals surface area contributed by atoms with E-state index in [9.17, 15) is 0 Å². The van der Waals surface area contributed by atoms with Crippen LogP contribution in [-0.2, 0) is 5.41 Å². The maximum Gasteiger partial charge on any atom is 0.323 e. The average molecular weight is 503 g/mol. The number of anilines is 4. The number of hydrogen-bond donors (Lipinski definition) is 2. The van der Waals surface area contributed by atoms with Crippen molar-refractivity contribution in [1.82, 2.24) is 15.0 Å². The largest absolute Gasteiger partial charge is 0.461 e. The molecule has 0 saturated carbocycles. The van der Waals surface area contributed by atoms with Gasteiger partial charge in [-0.1, -0.05) is 32.9 Å². The average Bonchev–Trinajstić information content (AvgIpc) is 2.62.